The highest BCUT2D eigenvalue weighted by molar-refractivity contribution is 5.85. The highest BCUT2D eigenvalue weighted by Gasteiger charge is 2.26. The number of piperazine rings is 1. The summed E-state index contributed by atoms with van der Waals surface area (Å²) in [4.78, 5) is 1.73. The second-order valence-corrected chi connectivity index (χ2v) is 4.22. The zero-order valence-corrected chi connectivity index (χ0v) is 11.0. The fourth-order valence-corrected chi connectivity index (χ4v) is 2.17. The fraction of sp³-hybridized carbons (Fsp3) is 0.500. The zero-order valence-electron chi connectivity index (χ0n) is 10.1. The van der Waals surface area contributed by atoms with E-state index in [0.29, 0.717) is 26.2 Å². The van der Waals surface area contributed by atoms with Crippen molar-refractivity contribution in [2.75, 3.05) is 32.9 Å². The van der Waals surface area contributed by atoms with Crippen LogP contribution in [0.25, 0.3) is 0 Å². The van der Waals surface area contributed by atoms with Crippen molar-refractivity contribution in [3.05, 3.63) is 35.1 Å². The van der Waals surface area contributed by atoms with E-state index in [0.717, 1.165) is 12.1 Å². The van der Waals surface area contributed by atoms with E-state index in [4.69, 9.17) is 0 Å². The largest absolute Gasteiger partial charge is 0.314 e. The highest BCUT2D eigenvalue weighted by Crippen LogP contribution is 2.26. The van der Waals surface area contributed by atoms with Crippen LogP contribution in [0.1, 0.15) is 11.6 Å². The monoisotopic (exact) mass is 298 g/mol. The Kier molecular flexibility index (Phi) is 6.03. The summed E-state index contributed by atoms with van der Waals surface area (Å²) >= 11 is 0. The second kappa shape index (κ2) is 7.07. The van der Waals surface area contributed by atoms with Crippen LogP contribution in [-0.4, -0.2) is 37.8 Å². The minimum absolute atomic E-state index is 0. The van der Waals surface area contributed by atoms with Crippen LogP contribution in [0.3, 0.4) is 0 Å². The number of nitrogens with one attached hydrogen (secondary N) is 1. The van der Waals surface area contributed by atoms with Crippen LogP contribution in [0.4, 0.5) is 17.6 Å². The molecule has 1 aliphatic rings. The van der Waals surface area contributed by atoms with Crippen LogP contribution in [0, 0.1) is 17.5 Å². The molecule has 2 nitrogen and oxygen atoms in total. The first kappa shape index (κ1) is 16.2. The maximum Gasteiger partial charge on any atom is 0.194 e. The molecule has 0 unspecified atom stereocenters. The van der Waals surface area contributed by atoms with E-state index < -0.39 is 30.2 Å². The third kappa shape index (κ3) is 3.38. The summed E-state index contributed by atoms with van der Waals surface area (Å²) in [6.45, 7) is 1.60. The molecule has 0 aromatic heterocycles. The summed E-state index contributed by atoms with van der Waals surface area (Å²) in [5, 5.41) is 3.09. The molecule has 1 heterocycles. The van der Waals surface area contributed by atoms with E-state index in [2.05, 4.69) is 5.32 Å². The Labute approximate surface area is 115 Å². The number of nitrogens with zero attached hydrogens (tertiary/aromatic N) is 1. The molecule has 2 rings (SSSR count). The van der Waals surface area contributed by atoms with Crippen LogP contribution < -0.4 is 5.32 Å². The first-order valence-corrected chi connectivity index (χ1v) is 5.79. The quantitative estimate of drug-likeness (QED) is 0.681. The Morgan fingerprint density at radius 1 is 1.11 bits per heavy atom. The maximum atomic E-state index is 13.6. The van der Waals surface area contributed by atoms with Gasteiger partial charge in [-0.15, -0.1) is 12.4 Å². The van der Waals surface area contributed by atoms with Gasteiger partial charge in [0, 0.05) is 31.7 Å². The van der Waals surface area contributed by atoms with Gasteiger partial charge >= 0.3 is 0 Å². The van der Waals surface area contributed by atoms with Gasteiger partial charge in [-0.1, -0.05) is 6.07 Å². The molecule has 7 heteroatoms. The minimum atomic E-state index is -1.54. The summed E-state index contributed by atoms with van der Waals surface area (Å²) in [7, 11) is 0. The third-order valence-electron chi connectivity index (χ3n) is 3.16. The molecule has 1 N–H and O–H groups in total. The predicted molar refractivity (Wildman–Crippen MR) is 66.7 cm³/mol. The van der Waals surface area contributed by atoms with Crippen LogP contribution >= 0.6 is 12.4 Å². The summed E-state index contributed by atoms with van der Waals surface area (Å²) in [5.74, 6) is -4.09. The molecule has 19 heavy (non-hydrogen) atoms. The average molecular weight is 299 g/mol. The van der Waals surface area contributed by atoms with Crippen molar-refractivity contribution >= 4 is 12.4 Å². The number of hydrogen-bond donors (Lipinski definition) is 1. The van der Waals surface area contributed by atoms with Crippen molar-refractivity contribution in [1.29, 1.82) is 0 Å². The molecular weight excluding hydrogens is 284 g/mol. The molecule has 1 aliphatic heterocycles. The maximum absolute atomic E-state index is 13.6. The van der Waals surface area contributed by atoms with Crippen molar-refractivity contribution in [2.45, 2.75) is 6.04 Å². The van der Waals surface area contributed by atoms with Gasteiger partial charge < -0.3 is 5.32 Å². The molecule has 0 radical (unpaired) electrons. The lowest BCUT2D eigenvalue weighted by Gasteiger charge is -2.33. The molecule has 108 valence electrons. The highest BCUT2D eigenvalue weighted by atomic mass is 35.5. The van der Waals surface area contributed by atoms with Gasteiger partial charge in [0.25, 0.3) is 0 Å². The lowest BCUT2D eigenvalue weighted by molar-refractivity contribution is 0.143. The summed E-state index contributed by atoms with van der Waals surface area (Å²) in [6, 6.07) is 1.08. The Morgan fingerprint density at radius 3 is 2.32 bits per heavy atom. The van der Waals surface area contributed by atoms with Crippen molar-refractivity contribution in [1.82, 2.24) is 10.2 Å². The van der Waals surface area contributed by atoms with Gasteiger partial charge in [-0.25, -0.2) is 17.6 Å². The zero-order chi connectivity index (χ0) is 13.1. The van der Waals surface area contributed by atoms with E-state index >= 15 is 0 Å². The number of alkyl halides is 1. The van der Waals surface area contributed by atoms with E-state index in [-0.39, 0.29) is 18.0 Å². The van der Waals surface area contributed by atoms with Gasteiger partial charge in [0.05, 0.1) is 6.04 Å². The van der Waals surface area contributed by atoms with Crippen LogP contribution in [-0.2, 0) is 0 Å². The lowest BCUT2D eigenvalue weighted by atomic mass is 10.0. The molecule has 0 bridgehead atoms. The Hall–Kier alpha value is -0.850. The molecule has 0 saturated carbocycles. The van der Waals surface area contributed by atoms with Crippen LogP contribution in [0.15, 0.2) is 12.1 Å². The second-order valence-electron chi connectivity index (χ2n) is 4.22. The molecule has 1 aromatic carbocycles. The molecule has 0 amide bonds. The Morgan fingerprint density at radius 2 is 1.74 bits per heavy atom. The first-order valence-electron chi connectivity index (χ1n) is 5.79. The van der Waals surface area contributed by atoms with Gasteiger partial charge in [-0.05, 0) is 6.07 Å². The van der Waals surface area contributed by atoms with Crippen molar-refractivity contribution in [3.8, 4) is 0 Å². The van der Waals surface area contributed by atoms with E-state index in [9.17, 15) is 17.6 Å². The third-order valence-corrected chi connectivity index (χ3v) is 3.16. The average Bonchev–Trinajstić information content (AvgIpc) is 2.41. The Bertz CT molecular complexity index is 424. The molecule has 0 spiro atoms. The summed E-state index contributed by atoms with van der Waals surface area (Å²) in [5.41, 5.74) is -0.127. The number of rotatable bonds is 3. The number of benzene rings is 1. The van der Waals surface area contributed by atoms with Gasteiger partial charge in [0.1, 0.15) is 6.67 Å². The van der Waals surface area contributed by atoms with E-state index in [1.165, 1.54) is 0 Å². The van der Waals surface area contributed by atoms with Crippen molar-refractivity contribution in [3.63, 3.8) is 0 Å². The molecule has 1 atom stereocenters. The fourth-order valence-electron chi connectivity index (χ4n) is 2.17. The molecular formula is C12H15ClF4N2. The molecule has 1 fully saturated rings. The van der Waals surface area contributed by atoms with E-state index in [1.807, 2.05) is 0 Å². The van der Waals surface area contributed by atoms with Crippen molar-refractivity contribution < 1.29 is 17.6 Å². The van der Waals surface area contributed by atoms with Crippen molar-refractivity contribution in [2.24, 2.45) is 0 Å². The minimum Gasteiger partial charge on any atom is -0.314 e. The summed E-state index contributed by atoms with van der Waals surface area (Å²) < 4.78 is 52.7. The topological polar surface area (TPSA) is 15.3 Å². The smallest absolute Gasteiger partial charge is 0.194 e. The molecule has 1 saturated heterocycles. The number of halogens is 5. The first-order chi connectivity index (χ1) is 8.65. The van der Waals surface area contributed by atoms with Gasteiger partial charge in [0.15, 0.2) is 17.5 Å². The Balaban J connectivity index is 0.00000180. The summed E-state index contributed by atoms with van der Waals surface area (Å²) in [6.07, 6.45) is 0. The van der Waals surface area contributed by atoms with Crippen LogP contribution in [0.2, 0.25) is 0 Å². The SMILES string of the molecule is Cl.FC[C@@H](c1ccc(F)c(F)c1F)N1CCNCC1. The lowest BCUT2D eigenvalue weighted by Crippen LogP contribution is -2.46. The standard InChI is InChI=1S/C12H14F4N2.ClH/c13-7-10(18-5-3-17-4-6-18)8-1-2-9(14)12(16)11(8)15;/h1-2,10,17H,3-7H2;1H/t10-;/m0./s1. The normalized spacial score (nSPS) is 17.9. The molecule has 1 aromatic rings. The van der Waals surface area contributed by atoms with Crippen LogP contribution in [0.5, 0.6) is 0 Å². The molecule has 0 aliphatic carbocycles. The number of hydrogen-bond acceptors (Lipinski definition) is 2. The van der Waals surface area contributed by atoms with E-state index in [1.54, 1.807) is 4.90 Å². The predicted octanol–water partition coefficient (Wildman–Crippen LogP) is 2.44. The van der Waals surface area contributed by atoms with Gasteiger partial charge in [0.2, 0.25) is 0 Å². The van der Waals surface area contributed by atoms with Gasteiger partial charge in [-0.3, -0.25) is 4.90 Å². The van der Waals surface area contributed by atoms with Gasteiger partial charge in [-0.2, -0.15) is 0 Å².